The Morgan fingerprint density at radius 1 is 0.394 bits per heavy atom. The standard InChI is InChI=1S/C31H25NO/c1-33-31-22-16-27(17-23-31)26-14-20-30(21-15-26)32(28-10-6-3-7-11-28)29-18-12-25(13-19-29)24-8-4-2-5-9-24/h2-23H,1H3. The predicted molar refractivity (Wildman–Crippen MR) is 139 cm³/mol. The fourth-order valence-corrected chi connectivity index (χ4v) is 4.04. The molecule has 2 nitrogen and oxygen atoms in total. The van der Waals surface area contributed by atoms with Gasteiger partial charge in [0, 0.05) is 17.1 Å². The van der Waals surface area contributed by atoms with Crippen molar-refractivity contribution in [1.29, 1.82) is 0 Å². The Labute approximate surface area is 195 Å². The normalized spacial score (nSPS) is 10.6. The molecule has 33 heavy (non-hydrogen) atoms. The molecule has 5 aromatic carbocycles. The van der Waals surface area contributed by atoms with Crippen LogP contribution in [0.1, 0.15) is 0 Å². The summed E-state index contributed by atoms with van der Waals surface area (Å²) in [6, 6.07) is 46.6. The molecule has 0 bridgehead atoms. The van der Waals surface area contributed by atoms with Crippen LogP contribution in [0, 0.1) is 0 Å². The molecule has 0 saturated carbocycles. The SMILES string of the molecule is COc1ccc(-c2ccc(N(c3ccccc3)c3ccc(-c4ccccc4)cc3)cc2)cc1. The summed E-state index contributed by atoms with van der Waals surface area (Å²) in [6.07, 6.45) is 0. The van der Waals surface area contributed by atoms with Crippen LogP contribution in [0.3, 0.4) is 0 Å². The Hall–Kier alpha value is -4.30. The number of para-hydroxylation sites is 1. The van der Waals surface area contributed by atoms with Crippen molar-refractivity contribution in [3.05, 3.63) is 133 Å². The molecule has 0 amide bonds. The first-order chi connectivity index (χ1) is 16.3. The Balaban J connectivity index is 1.49. The van der Waals surface area contributed by atoms with E-state index in [1.807, 2.05) is 24.3 Å². The van der Waals surface area contributed by atoms with Crippen LogP contribution < -0.4 is 9.64 Å². The maximum atomic E-state index is 5.28. The highest BCUT2D eigenvalue weighted by atomic mass is 16.5. The van der Waals surface area contributed by atoms with E-state index in [4.69, 9.17) is 4.74 Å². The number of methoxy groups -OCH3 is 1. The monoisotopic (exact) mass is 427 g/mol. The molecule has 0 aromatic heterocycles. The molecule has 0 fully saturated rings. The lowest BCUT2D eigenvalue weighted by atomic mass is 10.0. The van der Waals surface area contributed by atoms with Crippen molar-refractivity contribution in [1.82, 2.24) is 0 Å². The van der Waals surface area contributed by atoms with Crippen LogP contribution >= 0.6 is 0 Å². The maximum absolute atomic E-state index is 5.28. The minimum absolute atomic E-state index is 0.865. The summed E-state index contributed by atoms with van der Waals surface area (Å²) in [5, 5.41) is 0. The Kier molecular flexibility index (Phi) is 5.90. The fourth-order valence-electron chi connectivity index (χ4n) is 4.04. The van der Waals surface area contributed by atoms with Crippen LogP contribution in [0.15, 0.2) is 133 Å². The van der Waals surface area contributed by atoms with Crippen molar-refractivity contribution in [2.75, 3.05) is 12.0 Å². The van der Waals surface area contributed by atoms with E-state index in [0.717, 1.165) is 22.8 Å². The molecular weight excluding hydrogens is 402 g/mol. The molecule has 0 radical (unpaired) electrons. The van der Waals surface area contributed by atoms with Gasteiger partial charge in [0.05, 0.1) is 7.11 Å². The van der Waals surface area contributed by atoms with Crippen molar-refractivity contribution in [2.24, 2.45) is 0 Å². The molecule has 0 aliphatic carbocycles. The minimum Gasteiger partial charge on any atom is -0.497 e. The van der Waals surface area contributed by atoms with Crippen molar-refractivity contribution >= 4 is 17.1 Å². The molecule has 2 heteroatoms. The van der Waals surface area contributed by atoms with Crippen LogP contribution in [0.4, 0.5) is 17.1 Å². The molecule has 5 aromatic rings. The van der Waals surface area contributed by atoms with Gasteiger partial charge >= 0.3 is 0 Å². The third-order valence-corrected chi connectivity index (χ3v) is 5.80. The third kappa shape index (κ3) is 4.51. The number of ether oxygens (including phenoxy) is 1. The molecular formula is C31H25NO. The summed E-state index contributed by atoms with van der Waals surface area (Å²) in [6.45, 7) is 0. The highest BCUT2D eigenvalue weighted by Gasteiger charge is 2.12. The van der Waals surface area contributed by atoms with Crippen LogP contribution in [0.2, 0.25) is 0 Å². The molecule has 0 unspecified atom stereocenters. The summed E-state index contributed by atoms with van der Waals surface area (Å²) < 4.78 is 5.28. The first kappa shape index (κ1) is 20.6. The number of hydrogen-bond acceptors (Lipinski definition) is 2. The topological polar surface area (TPSA) is 12.5 Å². The van der Waals surface area contributed by atoms with E-state index in [9.17, 15) is 0 Å². The van der Waals surface area contributed by atoms with Crippen molar-refractivity contribution in [3.8, 4) is 28.0 Å². The highest BCUT2D eigenvalue weighted by molar-refractivity contribution is 5.79. The lowest BCUT2D eigenvalue weighted by molar-refractivity contribution is 0.415. The van der Waals surface area contributed by atoms with Gasteiger partial charge in [-0.1, -0.05) is 84.9 Å². The lowest BCUT2D eigenvalue weighted by Gasteiger charge is -2.26. The average Bonchev–Trinajstić information content (AvgIpc) is 2.91. The van der Waals surface area contributed by atoms with Crippen molar-refractivity contribution < 1.29 is 4.74 Å². The molecule has 0 aliphatic heterocycles. The van der Waals surface area contributed by atoms with E-state index in [2.05, 4.69) is 114 Å². The lowest BCUT2D eigenvalue weighted by Crippen LogP contribution is -2.09. The quantitative estimate of drug-likeness (QED) is 0.269. The molecule has 0 saturated heterocycles. The zero-order valence-electron chi connectivity index (χ0n) is 18.6. The summed E-state index contributed by atoms with van der Waals surface area (Å²) >= 11 is 0. The zero-order valence-corrected chi connectivity index (χ0v) is 18.6. The summed E-state index contributed by atoms with van der Waals surface area (Å²) in [7, 11) is 1.69. The van der Waals surface area contributed by atoms with E-state index in [-0.39, 0.29) is 0 Å². The van der Waals surface area contributed by atoms with Gasteiger partial charge in [0.1, 0.15) is 5.75 Å². The van der Waals surface area contributed by atoms with Crippen LogP contribution in [0.5, 0.6) is 5.75 Å². The average molecular weight is 428 g/mol. The van der Waals surface area contributed by atoms with E-state index in [1.54, 1.807) is 7.11 Å². The fraction of sp³-hybridized carbons (Fsp3) is 0.0323. The Morgan fingerprint density at radius 3 is 1.21 bits per heavy atom. The van der Waals surface area contributed by atoms with Gasteiger partial charge in [0.25, 0.3) is 0 Å². The number of nitrogens with zero attached hydrogens (tertiary/aromatic N) is 1. The molecule has 5 rings (SSSR count). The number of anilines is 3. The first-order valence-corrected chi connectivity index (χ1v) is 11.1. The van der Waals surface area contributed by atoms with Crippen molar-refractivity contribution in [2.45, 2.75) is 0 Å². The smallest absolute Gasteiger partial charge is 0.118 e. The van der Waals surface area contributed by atoms with Gasteiger partial charge in [-0.15, -0.1) is 0 Å². The molecule has 0 spiro atoms. The molecule has 0 heterocycles. The number of rotatable bonds is 6. The van der Waals surface area contributed by atoms with Gasteiger partial charge in [-0.2, -0.15) is 0 Å². The minimum atomic E-state index is 0.865. The van der Waals surface area contributed by atoms with Gasteiger partial charge in [-0.25, -0.2) is 0 Å². The van der Waals surface area contributed by atoms with E-state index >= 15 is 0 Å². The second-order valence-corrected chi connectivity index (χ2v) is 7.86. The van der Waals surface area contributed by atoms with E-state index in [0.29, 0.717) is 0 Å². The zero-order chi connectivity index (χ0) is 22.5. The Bertz CT molecular complexity index is 1290. The highest BCUT2D eigenvalue weighted by Crippen LogP contribution is 2.36. The van der Waals surface area contributed by atoms with Gasteiger partial charge in [0.15, 0.2) is 0 Å². The molecule has 0 N–H and O–H groups in total. The predicted octanol–water partition coefficient (Wildman–Crippen LogP) is 8.50. The third-order valence-electron chi connectivity index (χ3n) is 5.80. The largest absolute Gasteiger partial charge is 0.497 e. The summed E-state index contributed by atoms with van der Waals surface area (Å²) in [5.74, 6) is 0.865. The molecule has 0 atom stereocenters. The van der Waals surface area contributed by atoms with Gasteiger partial charge < -0.3 is 9.64 Å². The second-order valence-electron chi connectivity index (χ2n) is 7.86. The van der Waals surface area contributed by atoms with Crippen LogP contribution in [-0.4, -0.2) is 7.11 Å². The van der Waals surface area contributed by atoms with Crippen molar-refractivity contribution in [3.63, 3.8) is 0 Å². The molecule has 0 aliphatic rings. The maximum Gasteiger partial charge on any atom is 0.118 e. The van der Waals surface area contributed by atoms with E-state index in [1.165, 1.54) is 22.3 Å². The summed E-state index contributed by atoms with van der Waals surface area (Å²) in [5.41, 5.74) is 8.14. The van der Waals surface area contributed by atoms with Gasteiger partial charge in [0.2, 0.25) is 0 Å². The Morgan fingerprint density at radius 2 is 0.758 bits per heavy atom. The second kappa shape index (κ2) is 9.46. The van der Waals surface area contributed by atoms with Crippen LogP contribution in [0.25, 0.3) is 22.3 Å². The van der Waals surface area contributed by atoms with Crippen LogP contribution in [-0.2, 0) is 0 Å². The molecule has 160 valence electrons. The number of benzene rings is 5. The van der Waals surface area contributed by atoms with E-state index < -0.39 is 0 Å². The number of hydrogen-bond donors (Lipinski definition) is 0. The van der Waals surface area contributed by atoms with Gasteiger partial charge in [-0.05, 0) is 70.8 Å². The first-order valence-electron chi connectivity index (χ1n) is 11.1. The van der Waals surface area contributed by atoms with Gasteiger partial charge in [-0.3, -0.25) is 0 Å². The summed E-state index contributed by atoms with van der Waals surface area (Å²) in [4.78, 5) is 2.28.